The number of ether oxygens (including phenoxy) is 2. The SMILES string of the molecule is O=S(=O)(c1ccc2c(c1)OCCCO2)N1CCCC(Cc2nc(C3CC3)no2)C1. The van der Waals surface area contributed by atoms with Crippen molar-refractivity contribution in [1.82, 2.24) is 14.4 Å². The van der Waals surface area contributed by atoms with Gasteiger partial charge in [-0.3, -0.25) is 0 Å². The smallest absolute Gasteiger partial charge is 0.243 e. The van der Waals surface area contributed by atoms with Crippen molar-refractivity contribution in [2.24, 2.45) is 5.92 Å². The molecule has 2 aromatic rings. The molecule has 1 aromatic carbocycles. The highest BCUT2D eigenvalue weighted by molar-refractivity contribution is 7.89. The Morgan fingerprint density at radius 3 is 2.72 bits per heavy atom. The first-order valence-corrected chi connectivity index (χ1v) is 11.8. The van der Waals surface area contributed by atoms with Crippen molar-refractivity contribution >= 4 is 10.0 Å². The van der Waals surface area contributed by atoms with Crippen molar-refractivity contribution in [2.75, 3.05) is 26.3 Å². The van der Waals surface area contributed by atoms with Crippen molar-refractivity contribution in [2.45, 2.75) is 49.3 Å². The maximum Gasteiger partial charge on any atom is 0.243 e. The lowest BCUT2D eigenvalue weighted by Crippen LogP contribution is -2.40. The zero-order valence-corrected chi connectivity index (χ0v) is 17.1. The molecule has 3 aliphatic rings. The van der Waals surface area contributed by atoms with Crippen LogP contribution in [0.1, 0.15) is 49.7 Å². The first-order chi connectivity index (χ1) is 14.1. The summed E-state index contributed by atoms with van der Waals surface area (Å²) in [4.78, 5) is 4.74. The molecule has 0 spiro atoms. The van der Waals surface area contributed by atoms with E-state index in [4.69, 9.17) is 14.0 Å². The van der Waals surface area contributed by atoms with Gasteiger partial charge in [-0.1, -0.05) is 5.16 Å². The fourth-order valence-corrected chi connectivity index (χ4v) is 5.54. The highest BCUT2D eigenvalue weighted by Gasteiger charge is 2.33. The zero-order chi connectivity index (χ0) is 19.8. The summed E-state index contributed by atoms with van der Waals surface area (Å²) in [5.41, 5.74) is 0. The summed E-state index contributed by atoms with van der Waals surface area (Å²) >= 11 is 0. The second-order valence-corrected chi connectivity index (χ2v) is 9.99. The zero-order valence-electron chi connectivity index (χ0n) is 16.2. The number of piperidine rings is 1. The summed E-state index contributed by atoms with van der Waals surface area (Å²) in [6.07, 6.45) is 5.43. The molecular weight excluding hydrogens is 394 g/mol. The predicted octanol–water partition coefficient (Wildman–Crippen LogP) is 2.75. The lowest BCUT2D eigenvalue weighted by Gasteiger charge is -2.31. The lowest BCUT2D eigenvalue weighted by atomic mass is 9.96. The highest BCUT2D eigenvalue weighted by Crippen LogP contribution is 2.38. The third kappa shape index (κ3) is 3.98. The maximum atomic E-state index is 13.2. The molecule has 5 rings (SSSR count). The number of nitrogens with zero attached hydrogens (tertiary/aromatic N) is 3. The summed E-state index contributed by atoms with van der Waals surface area (Å²) < 4.78 is 44.7. The normalized spacial score (nSPS) is 23.0. The Balaban J connectivity index is 1.30. The van der Waals surface area contributed by atoms with Crippen LogP contribution in [0.5, 0.6) is 11.5 Å². The number of hydrogen-bond donors (Lipinski definition) is 0. The second kappa shape index (κ2) is 7.60. The van der Waals surface area contributed by atoms with Crippen molar-refractivity contribution in [3.8, 4) is 11.5 Å². The number of rotatable bonds is 5. The third-order valence-electron chi connectivity index (χ3n) is 5.73. The van der Waals surface area contributed by atoms with E-state index in [2.05, 4.69) is 10.1 Å². The van der Waals surface area contributed by atoms with Gasteiger partial charge in [0.05, 0.1) is 18.1 Å². The van der Waals surface area contributed by atoms with Gasteiger partial charge in [0, 0.05) is 37.9 Å². The molecule has 3 heterocycles. The van der Waals surface area contributed by atoms with Gasteiger partial charge < -0.3 is 14.0 Å². The van der Waals surface area contributed by atoms with Gasteiger partial charge in [0.15, 0.2) is 17.3 Å². The van der Waals surface area contributed by atoms with Crippen molar-refractivity contribution < 1.29 is 22.4 Å². The number of fused-ring (bicyclic) bond motifs is 1. The molecule has 1 unspecified atom stereocenters. The van der Waals surface area contributed by atoms with Gasteiger partial charge in [-0.25, -0.2) is 8.42 Å². The van der Waals surface area contributed by atoms with Crippen LogP contribution in [0.15, 0.2) is 27.6 Å². The standard InChI is InChI=1S/C20H25N3O5S/c24-29(25,16-6-7-17-18(12-16)27-10-2-9-26-17)23-8-1-3-14(13-23)11-19-21-20(22-28-19)15-4-5-15/h6-7,12,14-15H,1-5,8-11,13H2. The quantitative estimate of drug-likeness (QED) is 0.735. The first kappa shape index (κ1) is 18.9. The molecule has 156 valence electrons. The minimum Gasteiger partial charge on any atom is -0.490 e. The van der Waals surface area contributed by atoms with E-state index in [1.54, 1.807) is 22.5 Å². The van der Waals surface area contributed by atoms with E-state index in [1.165, 1.54) is 0 Å². The Hall–Kier alpha value is -2.13. The van der Waals surface area contributed by atoms with Gasteiger partial charge in [-0.2, -0.15) is 9.29 Å². The molecule has 0 amide bonds. The van der Waals surface area contributed by atoms with Crippen LogP contribution in [-0.4, -0.2) is 49.2 Å². The summed E-state index contributed by atoms with van der Waals surface area (Å²) in [5, 5.41) is 4.06. The minimum absolute atomic E-state index is 0.173. The molecule has 1 aromatic heterocycles. The molecule has 1 saturated heterocycles. The van der Waals surface area contributed by atoms with Crippen LogP contribution in [0.4, 0.5) is 0 Å². The van der Waals surface area contributed by atoms with E-state index < -0.39 is 10.0 Å². The molecule has 2 aliphatic heterocycles. The van der Waals surface area contributed by atoms with Crippen LogP contribution >= 0.6 is 0 Å². The number of hydrogen-bond acceptors (Lipinski definition) is 7. The first-order valence-electron chi connectivity index (χ1n) is 10.3. The van der Waals surface area contributed by atoms with Gasteiger partial charge >= 0.3 is 0 Å². The van der Waals surface area contributed by atoms with Crippen LogP contribution in [0.3, 0.4) is 0 Å². The van der Waals surface area contributed by atoms with E-state index in [0.717, 1.165) is 37.9 Å². The number of sulfonamides is 1. The molecule has 1 saturated carbocycles. The molecule has 0 radical (unpaired) electrons. The van der Waals surface area contributed by atoms with E-state index >= 15 is 0 Å². The Labute approximate surface area is 170 Å². The Kier molecular flexibility index (Phi) is 4.95. The van der Waals surface area contributed by atoms with Crippen LogP contribution in [0.25, 0.3) is 0 Å². The van der Waals surface area contributed by atoms with E-state index in [9.17, 15) is 8.42 Å². The van der Waals surface area contributed by atoms with Gasteiger partial charge in [0.25, 0.3) is 0 Å². The van der Waals surface area contributed by atoms with Gasteiger partial charge in [-0.05, 0) is 43.7 Å². The Morgan fingerprint density at radius 1 is 1.07 bits per heavy atom. The molecule has 0 bridgehead atoms. The van der Waals surface area contributed by atoms with Crippen LogP contribution in [0, 0.1) is 5.92 Å². The van der Waals surface area contributed by atoms with E-state index in [0.29, 0.717) is 56.0 Å². The molecule has 0 N–H and O–H groups in total. The molecule has 1 atom stereocenters. The van der Waals surface area contributed by atoms with Crippen molar-refractivity contribution in [3.63, 3.8) is 0 Å². The monoisotopic (exact) mass is 419 g/mol. The van der Waals surface area contributed by atoms with Crippen molar-refractivity contribution in [3.05, 3.63) is 29.9 Å². The van der Waals surface area contributed by atoms with Crippen LogP contribution < -0.4 is 9.47 Å². The largest absolute Gasteiger partial charge is 0.490 e. The summed E-state index contributed by atoms with van der Waals surface area (Å²) in [5.74, 6) is 3.14. The third-order valence-corrected chi connectivity index (χ3v) is 7.59. The number of aromatic nitrogens is 2. The van der Waals surface area contributed by atoms with Crippen LogP contribution in [-0.2, 0) is 16.4 Å². The van der Waals surface area contributed by atoms with Crippen molar-refractivity contribution in [1.29, 1.82) is 0 Å². The topological polar surface area (TPSA) is 94.8 Å². The fraction of sp³-hybridized carbons (Fsp3) is 0.600. The minimum atomic E-state index is -3.60. The second-order valence-electron chi connectivity index (χ2n) is 8.06. The summed E-state index contributed by atoms with van der Waals surface area (Å²) in [6.45, 7) is 2.07. The number of benzene rings is 1. The Morgan fingerprint density at radius 2 is 1.90 bits per heavy atom. The molecule has 9 heteroatoms. The van der Waals surface area contributed by atoms with Crippen LogP contribution in [0.2, 0.25) is 0 Å². The van der Waals surface area contributed by atoms with Gasteiger partial charge in [-0.15, -0.1) is 0 Å². The average molecular weight is 420 g/mol. The van der Waals surface area contributed by atoms with E-state index in [-0.39, 0.29) is 10.8 Å². The fourth-order valence-electron chi connectivity index (χ4n) is 3.97. The average Bonchev–Trinajstić information content (AvgIpc) is 3.52. The van der Waals surface area contributed by atoms with E-state index in [1.807, 2.05) is 0 Å². The molecule has 29 heavy (non-hydrogen) atoms. The van der Waals surface area contributed by atoms with Gasteiger partial charge in [0.2, 0.25) is 15.9 Å². The lowest BCUT2D eigenvalue weighted by molar-refractivity contribution is 0.246. The highest BCUT2D eigenvalue weighted by atomic mass is 32.2. The molecule has 1 aliphatic carbocycles. The molecule has 2 fully saturated rings. The maximum absolute atomic E-state index is 13.2. The molecular formula is C20H25N3O5S. The predicted molar refractivity (Wildman–Crippen MR) is 104 cm³/mol. The Bertz CT molecular complexity index is 986. The van der Waals surface area contributed by atoms with Gasteiger partial charge in [0.1, 0.15) is 0 Å². The summed E-state index contributed by atoms with van der Waals surface area (Å²) in [7, 11) is -3.60. The molecule has 8 nitrogen and oxygen atoms in total. The summed E-state index contributed by atoms with van der Waals surface area (Å²) in [6, 6.07) is 4.87.